The van der Waals surface area contributed by atoms with Gasteiger partial charge in [0.05, 0.1) is 17.9 Å². The third-order valence-corrected chi connectivity index (χ3v) is 3.55. The van der Waals surface area contributed by atoms with Gasteiger partial charge in [-0.25, -0.2) is 9.18 Å². The highest BCUT2D eigenvalue weighted by molar-refractivity contribution is 5.93. The van der Waals surface area contributed by atoms with E-state index in [0.717, 1.165) is 6.42 Å². The van der Waals surface area contributed by atoms with E-state index in [2.05, 4.69) is 5.32 Å². The van der Waals surface area contributed by atoms with Crippen LogP contribution in [-0.2, 0) is 11.2 Å². The summed E-state index contributed by atoms with van der Waals surface area (Å²) < 4.78 is 18.8. The average Bonchev–Trinajstić information content (AvgIpc) is 2.60. The van der Waals surface area contributed by atoms with Gasteiger partial charge in [-0.2, -0.15) is 0 Å². The molecular weight excluding hydrogens is 325 g/mol. The Bertz CT molecular complexity index is 761. The number of aryl methyl sites for hydroxylation is 1. The Labute approximate surface area is 145 Å². The van der Waals surface area contributed by atoms with Crippen molar-refractivity contribution in [2.75, 3.05) is 11.9 Å². The van der Waals surface area contributed by atoms with Gasteiger partial charge in [-0.15, -0.1) is 0 Å². The molecule has 0 atom stereocenters. The Morgan fingerprint density at radius 1 is 1.20 bits per heavy atom. The number of benzene rings is 2. The fourth-order valence-electron chi connectivity index (χ4n) is 2.34. The second kappa shape index (κ2) is 8.82. The molecule has 0 aromatic heterocycles. The van der Waals surface area contributed by atoms with E-state index in [1.165, 1.54) is 24.3 Å². The molecule has 0 aliphatic heterocycles. The van der Waals surface area contributed by atoms with Crippen molar-refractivity contribution in [3.63, 3.8) is 0 Å². The molecule has 0 fully saturated rings. The summed E-state index contributed by atoms with van der Waals surface area (Å²) >= 11 is 0. The zero-order valence-corrected chi connectivity index (χ0v) is 13.9. The van der Waals surface area contributed by atoms with Crippen LogP contribution < -0.4 is 10.1 Å². The van der Waals surface area contributed by atoms with Gasteiger partial charge in [0, 0.05) is 12.5 Å². The molecule has 132 valence electrons. The number of carbonyl (C=O) groups excluding carboxylic acids is 1. The Hall–Kier alpha value is -2.89. The number of hydrogen-bond acceptors (Lipinski definition) is 3. The molecule has 1 amide bonds. The lowest BCUT2D eigenvalue weighted by atomic mass is 10.0. The van der Waals surface area contributed by atoms with Gasteiger partial charge in [0.2, 0.25) is 5.91 Å². The molecule has 0 radical (unpaired) electrons. The first-order chi connectivity index (χ1) is 12.0. The Morgan fingerprint density at radius 2 is 1.96 bits per heavy atom. The second-order valence-electron chi connectivity index (χ2n) is 5.50. The van der Waals surface area contributed by atoms with E-state index in [0.29, 0.717) is 24.3 Å². The van der Waals surface area contributed by atoms with Crippen LogP contribution in [0.4, 0.5) is 10.1 Å². The van der Waals surface area contributed by atoms with Crippen molar-refractivity contribution in [1.29, 1.82) is 0 Å². The van der Waals surface area contributed by atoms with Crippen LogP contribution in [0.2, 0.25) is 0 Å². The fourth-order valence-corrected chi connectivity index (χ4v) is 2.34. The summed E-state index contributed by atoms with van der Waals surface area (Å²) in [7, 11) is 0. The van der Waals surface area contributed by atoms with Crippen LogP contribution in [0.15, 0.2) is 42.5 Å². The van der Waals surface area contributed by atoms with Crippen LogP contribution in [0.5, 0.6) is 5.75 Å². The Morgan fingerprint density at radius 3 is 2.68 bits per heavy atom. The lowest BCUT2D eigenvalue weighted by Gasteiger charge is -2.12. The summed E-state index contributed by atoms with van der Waals surface area (Å²) in [5, 5.41) is 11.8. The topological polar surface area (TPSA) is 75.6 Å². The maximum Gasteiger partial charge on any atom is 0.335 e. The van der Waals surface area contributed by atoms with Crippen molar-refractivity contribution in [1.82, 2.24) is 0 Å². The van der Waals surface area contributed by atoms with Gasteiger partial charge < -0.3 is 15.2 Å². The summed E-state index contributed by atoms with van der Waals surface area (Å²) in [4.78, 5) is 23.4. The van der Waals surface area contributed by atoms with E-state index in [1.807, 2.05) is 6.92 Å². The molecule has 5 nitrogen and oxygen atoms in total. The number of amides is 1. The lowest BCUT2D eigenvalue weighted by Crippen LogP contribution is -2.14. The molecule has 0 bridgehead atoms. The number of carboxylic acids is 1. The standard InChI is InChI=1S/C19H20FNO4/c1-2-11-25-17-12-14(20)8-9-16(17)21-18(22)10-7-13-5-3-4-6-15(13)19(23)24/h3-6,8-9,12H,2,7,10-11H2,1H3,(H,21,22)(H,23,24). The highest BCUT2D eigenvalue weighted by atomic mass is 19.1. The summed E-state index contributed by atoms with van der Waals surface area (Å²) in [5.41, 5.74) is 1.17. The number of rotatable bonds is 8. The molecule has 2 aromatic carbocycles. The molecule has 2 aromatic rings. The summed E-state index contributed by atoms with van der Waals surface area (Å²) in [6.45, 7) is 2.34. The van der Waals surface area contributed by atoms with E-state index < -0.39 is 11.8 Å². The predicted molar refractivity (Wildman–Crippen MR) is 92.5 cm³/mol. The number of anilines is 1. The van der Waals surface area contributed by atoms with E-state index in [1.54, 1.807) is 18.2 Å². The molecule has 0 aliphatic carbocycles. The van der Waals surface area contributed by atoms with Gasteiger partial charge in [0.15, 0.2) is 0 Å². The smallest absolute Gasteiger partial charge is 0.335 e. The van der Waals surface area contributed by atoms with Crippen LogP contribution in [0.25, 0.3) is 0 Å². The van der Waals surface area contributed by atoms with E-state index in [9.17, 15) is 14.0 Å². The largest absolute Gasteiger partial charge is 0.491 e. The zero-order valence-electron chi connectivity index (χ0n) is 13.9. The number of carbonyl (C=O) groups is 2. The number of halogens is 1. The molecule has 0 saturated heterocycles. The third kappa shape index (κ3) is 5.31. The minimum atomic E-state index is -1.02. The van der Waals surface area contributed by atoms with Crippen molar-refractivity contribution in [2.45, 2.75) is 26.2 Å². The van der Waals surface area contributed by atoms with Crippen LogP contribution in [0.1, 0.15) is 35.7 Å². The quantitative estimate of drug-likeness (QED) is 0.761. The number of nitrogens with one attached hydrogen (secondary N) is 1. The number of carboxylic acid groups (broad SMARTS) is 1. The summed E-state index contributed by atoms with van der Waals surface area (Å²) in [6, 6.07) is 10.5. The normalized spacial score (nSPS) is 10.3. The second-order valence-corrected chi connectivity index (χ2v) is 5.50. The third-order valence-electron chi connectivity index (χ3n) is 3.55. The van der Waals surface area contributed by atoms with Crippen molar-refractivity contribution in [3.8, 4) is 5.75 Å². The molecule has 0 spiro atoms. The monoisotopic (exact) mass is 345 g/mol. The Kier molecular flexibility index (Phi) is 6.51. The molecule has 25 heavy (non-hydrogen) atoms. The fraction of sp³-hybridized carbons (Fsp3) is 0.263. The summed E-state index contributed by atoms with van der Waals surface area (Å²) in [6.07, 6.45) is 1.16. The first-order valence-corrected chi connectivity index (χ1v) is 8.04. The van der Waals surface area contributed by atoms with E-state index in [-0.39, 0.29) is 23.6 Å². The minimum Gasteiger partial charge on any atom is -0.491 e. The zero-order chi connectivity index (χ0) is 18.2. The molecule has 2 N–H and O–H groups in total. The maximum atomic E-state index is 13.4. The SMILES string of the molecule is CCCOc1cc(F)ccc1NC(=O)CCc1ccccc1C(=O)O. The van der Waals surface area contributed by atoms with Gasteiger partial charge in [-0.05, 0) is 36.6 Å². The molecule has 0 saturated carbocycles. The lowest BCUT2D eigenvalue weighted by molar-refractivity contribution is -0.116. The molecule has 0 heterocycles. The van der Waals surface area contributed by atoms with Crippen molar-refractivity contribution >= 4 is 17.6 Å². The minimum absolute atomic E-state index is 0.106. The van der Waals surface area contributed by atoms with Gasteiger partial charge in [0.1, 0.15) is 11.6 Å². The van der Waals surface area contributed by atoms with Crippen molar-refractivity contribution in [2.24, 2.45) is 0 Å². The van der Waals surface area contributed by atoms with E-state index in [4.69, 9.17) is 9.84 Å². The number of hydrogen-bond donors (Lipinski definition) is 2. The first kappa shape index (κ1) is 18.4. The predicted octanol–water partition coefficient (Wildman–Crippen LogP) is 3.88. The number of ether oxygens (including phenoxy) is 1. The van der Waals surface area contributed by atoms with Crippen LogP contribution >= 0.6 is 0 Å². The van der Waals surface area contributed by atoms with Crippen molar-refractivity contribution in [3.05, 3.63) is 59.4 Å². The molecule has 0 unspecified atom stereocenters. The van der Waals surface area contributed by atoms with Crippen LogP contribution in [0.3, 0.4) is 0 Å². The van der Waals surface area contributed by atoms with Gasteiger partial charge in [-0.3, -0.25) is 4.79 Å². The molecule has 2 rings (SSSR count). The first-order valence-electron chi connectivity index (χ1n) is 8.04. The highest BCUT2D eigenvalue weighted by Gasteiger charge is 2.13. The van der Waals surface area contributed by atoms with E-state index >= 15 is 0 Å². The van der Waals surface area contributed by atoms with Gasteiger partial charge >= 0.3 is 5.97 Å². The number of aromatic carboxylic acids is 1. The van der Waals surface area contributed by atoms with Crippen LogP contribution in [-0.4, -0.2) is 23.6 Å². The molecular formula is C19H20FNO4. The maximum absolute atomic E-state index is 13.4. The highest BCUT2D eigenvalue weighted by Crippen LogP contribution is 2.26. The average molecular weight is 345 g/mol. The molecule has 6 heteroatoms. The Balaban J connectivity index is 2.02. The van der Waals surface area contributed by atoms with Crippen LogP contribution in [0, 0.1) is 5.82 Å². The summed E-state index contributed by atoms with van der Waals surface area (Å²) in [5.74, 6) is -1.49. The van der Waals surface area contributed by atoms with Crippen molar-refractivity contribution < 1.29 is 23.8 Å². The van der Waals surface area contributed by atoms with Gasteiger partial charge in [0.25, 0.3) is 0 Å². The molecule has 0 aliphatic rings. The van der Waals surface area contributed by atoms with Gasteiger partial charge in [-0.1, -0.05) is 25.1 Å².